The van der Waals surface area contributed by atoms with Gasteiger partial charge in [0.25, 0.3) is 5.91 Å². The number of anilines is 1. The Hall–Kier alpha value is -1.000. The number of rotatable bonds is 2. The summed E-state index contributed by atoms with van der Waals surface area (Å²) in [5.74, 6) is -0.721. The van der Waals surface area contributed by atoms with Crippen LogP contribution >= 0.6 is 23.2 Å². The van der Waals surface area contributed by atoms with Crippen LogP contribution in [0, 0.1) is 0 Å². The molecule has 2 N–H and O–H groups in total. The van der Waals surface area contributed by atoms with E-state index in [1.54, 1.807) is 0 Å². The van der Waals surface area contributed by atoms with Gasteiger partial charge in [0.1, 0.15) is 0 Å². The maximum Gasteiger partial charge on any atom is 0.258 e. The van der Waals surface area contributed by atoms with Gasteiger partial charge in [0.15, 0.2) is 16.4 Å². The average Bonchev–Trinajstić information content (AvgIpc) is 2.08. The maximum absolute atomic E-state index is 10.9. The van der Waals surface area contributed by atoms with E-state index in [9.17, 15) is 9.90 Å². The SMILES string of the molecule is O=C(Nc1ncccc1O)C(Cl)Cl. The number of halogens is 2. The average molecular weight is 221 g/mol. The van der Waals surface area contributed by atoms with Gasteiger partial charge in [-0.25, -0.2) is 4.98 Å². The Morgan fingerprint density at radius 2 is 2.31 bits per heavy atom. The summed E-state index contributed by atoms with van der Waals surface area (Å²) in [5.41, 5.74) is 0. The monoisotopic (exact) mass is 220 g/mol. The van der Waals surface area contributed by atoms with Crippen LogP contribution in [0.2, 0.25) is 0 Å². The van der Waals surface area contributed by atoms with Gasteiger partial charge in [0.05, 0.1) is 0 Å². The molecule has 0 aliphatic carbocycles. The molecule has 0 unspecified atom stereocenters. The van der Waals surface area contributed by atoms with Gasteiger partial charge >= 0.3 is 0 Å². The van der Waals surface area contributed by atoms with E-state index in [1.165, 1.54) is 18.3 Å². The third kappa shape index (κ3) is 2.75. The Balaban J connectivity index is 2.75. The molecule has 0 bridgehead atoms. The number of nitrogens with zero attached hydrogens (tertiary/aromatic N) is 1. The lowest BCUT2D eigenvalue weighted by Gasteiger charge is -2.05. The molecule has 0 aliphatic rings. The fraction of sp³-hybridized carbons (Fsp3) is 0.143. The van der Waals surface area contributed by atoms with Crippen molar-refractivity contribution in [3.8, 4) is 5.75 Å². The normalized spacial score (nSPS) is 10.1. The van der Waals surface area contributed by atoms with Crippen molar-refractivity contribution in [2.45, 2.75) is 4.84 Å². The second kappa shape index (κ2) is 4.30. The molecule has 1 aromatic rings. The highest BCUT2D eigenvalue weighted by atomic mass is 35.5. The molecule has 6 heteroatoms. The van der Waals surface area contributed by atoms with Crippen molar-refractivity contribution in [1.82, 2.24) is 4.98 Å². The second-order valence-electron chi connectivity index (χ2n) is 2.16. The van der Waals surface area contributed by atoms with Crippen LogP contribution in [0.5, 0.6) is 5.75 Å². The minimum absolute atomic E-state index is 0.0406. The van der Waals surface area contributed by atoms with Crippen LogP contribution in [0.4, 0.5) is 5.82 Å². The quantitative estimate of drug-likeness (QED) is 0.744. The second-order valence-corrected chi connectivity index (χ2v) is 3.26. The third-order valence-electron chi connectivity index (χ3n) is 1.23. The maximum atomic E-state index is 10.9. The number of hydrogen-bond acceptors (Lipinski definition) is 3. The molecule has 4 nitrogen and oxygen atoms in total. The van der Waals surface area contributed by atoms with E-state index in [4.69, 9.17) is 23.2 Å². The predicted octanol–water partition coefficient (Wildman–Crippen LogP) is 1.53. The number of pyridine rings is 1. The molecule has 1 aromatic heterocycles. The molecule has 0 aromatic carbocycles. The molecule has 0 aliphatic heterocycles. The zero-order valence-corrected chi connectivity index (χ0v) is 7.88. The zero-order chi connectivity index (χ0) is 9.84. The van der Waals surface area contributed by atoms with E-state index in [1.807, 2.05) is 0 Å². The summed E-state index contributed by atoms with van der Waals surface area (Å²) < 4.78 is 0. The number of aromatic nitrogens is 1. The Morgan fingerprint density at radius 3 is 2.85 bits per heavy atom. The van der Waals surface area contributed by atoms with E-state index >= 15 is 0 Å². The van der Waals surface area contributed by atoms with Gasteiger partial charge in [-0.1, -0.05) is 23.2 Å². The minimum Gasteiger partial charge on any atom is -0.504 e. The molecule has 0 spiro atoms. The first kappa shape index (κ1) is 10.1. The summed E-state index contributed by atoms with van der Waals surface area (Å²) in [6.45, 7) is 0. The molecule has 0 saturated heterocycles. The van der Waals surface area contributed by atoms with Crippen molar-refractivity contribution in [1.29, 1.82) is 0 Å². The van der Waals surface area contributed by atoms with Crippen LogP contribution in [0.3, 0.4) is 0 Å². The first-order chi connectivity index (χ1) is 6.11. The number of nitrogens with one attached hydrogen (secondary N) is 1. The van der Waals surface area contributed by atoms with Gasteiger partial charge in [0, 0.05) is 6.20 Å². The highest BCUT2D eigenvalue weighted by Gasteiger charge is 2.13. The number of carbonyl (C=O) groups excluding carboxylic acids is 1. The van der Waals surface area contributed by atoms with Gasteiger partial charge in [0.2, 0.25) is 0 Å². The van der Waals surface area contributed by atoms with Crippen LogP contribution < -0.4 is 5.32 Å². The molecule has 1 heterocycles. The Kier molecular flexibility index (Phi) is 3.33. The number of aromatic hydroxyl groups is 1. The van der Waals surface area contributed by atoms with E-state index in [0.29, 0.717) is 0 Å². The molecular formula is C7H6Cl2N2O2. The van der Waals surface area contributed by atoms with E-state index in [-0.39, 0.29) is 11.6 Å². The molecule has 0 radical (unpaired) electrons. The van der Waals surface area contributed by atoms with E-state index in [2.05, 4.69) is 10.3 Å². The van der Waals surface area contributed by atoms with Gasteiger partial charge in [-0.15, -0.1) is 0 Å². The molecule has 70 valence electrons. The number of alkyl halides is 2. The van der Waals surface area contributed by atoms with Crippen molar-refractivity contribution in [3.63, 3.8) is 0 Å². The molecule has 0 saturated carbocycles. The topological polar surface area (TPSA) is 62.2 Å². The Labute approximate surface area is 84.5 Å². The van der Waals surface area contributed by atoms with Crippen LogP contribution in [-0.2, 0) is 4.79 Å². The Bertz CT molecular complexity index is 317. The van der Waals surface area contributed by atoms with Gasteiger partial charge in [-0.05, 0) is 12.1 Å². The molecule has 13 heavy (non-hydrogen) atoms. The van der Waals surface area contributed by atoms with Gasteiger partial charge in [-0.2, -0.15) is 0 Å². The highest BCUT2D eigenvalue weighted by Crippen LogP contribution is 2.19. The van der Waals surface area contributed by atoms with Crippen molar-refractivity contribution in [3.05, 3.63) is 18.3 Å². The van der Waals surface area contributed by atoms with Crippen molar-refractivity contribution < 1.29 is 9.90 Å². The fourth-order valence-electron chi connectivity index (χ4n) is 0.664. The van der Waals surface area contributed by atoms with Crippen LogP contribution in [0.15, 0.2) is 18.3 Å². The van der Waals surface area contributed by atoms with E-state index in [0.717, 1.165) is 0 Å². The van der Waals surface area contributed by atoms with Gasteiger partial charge in [-0.3, -0.25) is 4.79 Å². The lowest BCUT2D eigenvalue weighted by molar-refractivity contribution is -0.114. The van der Waals surface area contributed by atoms with Crippen molar-refractivity contribution in [2.24, 2.45) is 0 Å². The zero-order valence-electron chi connectivity index (χ0n) is 6.37. The third-order valence-corrected chi connectivity index (χ3v) is 1.62. The van der Waals surface area contributed by atoms with Crippen LogP contribution in [-0.4, -0.2) is 20.8 Å². The smallest absolute Gasteiger partial charge is 0.258 e. The van der Waals surface area contributed by atoms with Crippen molar-refractivity contribution >= 4 is 34.9 Å². The molecule has 0 fully saturated rings. The number of hydrogen-bond donors (Lipinski definition) is 2. The summed E-state index contributed by atoms with van der Waals surface area (Å²) in [7, 11) is 0. The molecule has 1 amide bonds. The molecule has 0 atom stereocenters. The summed E-state index contributed by atoms with van der Waals surface area (Å²) in [5, 5.41) is 11.4. The summed E-state index contributed by atoms with van der Waals surface area (Å²) in [6, 6.07) is 2.92. The summed E-state index contributed by atoms with van der Waals surface area (Å²) >= 11 is 10.5. The number of amides is 1. The van der Waals surface area contributed by atoms with Crippen LogP contribution in [0.1, 0.15) is 0 Å². The Morgan fingerprint density at radius 1 is 1.62 bits per heavy atom. The molecular weight excluding hydrogens is 215 g/mol. The lowest BCUT2D eigenvalue weighted by Crippen LogP contribution is -2.19. The van der Waals surface area contributed by atoms with Crippen LogP contribution in [0.25, 0.3) is 0 Å². The van der Waals surface area contributed by atoms with Crippen molar-refractivity contribution in [2.75, 3.05) is 5.32 Å². The number of carbonyl (C=O) groups is 1. The highest BCUT2D eigenvalue weighted by molar-refractivity contribution is 6.54. The van der Waals surface area contributed by atoms with E-state index < -0.39 is 10.7 Å². The standard InChI is InChI=1S/C7H6Cl2N2O2/c8-5(9)7(13)11-6-4(12)2-1-3-10-6/h1-3,5,12H,(H,10,11,13). The predicted molar refractivity (Wildman–Crippen MR) is 50.0 cm³/mol. The largest absolute Gasteiger partial charge is 0.504 e. The molecule has 1 rings (SSSR count). The summed E-state index contributed by atoms with van der Waals surface area (Å²) in [4.78, 5) is 13.5. The minimum atomic E-state index is -1.18. The first-order valence-corrected chi connectivity index (χ1v) is 4.21. The van der Waals surface area contributed by atoms with Gasteiger partial charge < -0.3 is 10.4 Å². The summed E-state index contributed by atoms with van der Waals surface area (Å²) in [6.07, 6.45) is 1.42. The lowest BCUT2D eigenvalue weighted by atomic mass is 10.4. The first-order valence-electron chi connectivity index (χ1n) is 3.34. The fourth-order valence-corrected chi connectivity index (χ4v) is 0.773.